The van der Waals surface area contributed by atoms with Gasteiger partial charge in [0.2, 0.25) is 11.8 Å². The van der Waals surface area contributed by atoms with Crippen molar-refractivity contribution >= 4 is 28.7 Å². The molecule has 0 bridgehead atoms. The van der Waals surface area contributed by atoms with Crippen LogP contribution >= 0.6 is 11.6 Å². The van der Waals surface area contributed by atoms with Gasteiger partial charge in [-0.25, -0.2) is 9.97 Å². The van der Waals surface area contributed by atoms with Gasteiger partial charge >= 0.3 is 0 Å². The van der Waals surface area contributed by atoms with Crippen LogP contribution in [0.1, 0.15) is 43.5 Å². The van der Waals surface area contributed by atoms with Crippen molar-refractivity contribution in [1.29, 1.82) is 0 Å². The van der Waals surface area contributed by atoms with Crippen molar-refractivity contribution in [2.75, 3.05) is 6.54 Å². The van der Waals surface area contributed by atoms with E-state index in [2.05, 4.69) is 27.2 Å². The number of pyridine rings is 1. The molecule has 1 aliphatic rings. The number of hydrogen-bond donors (Lipinski definition) is 1. The molecule has 9 heteroatoms. The van der Waals surface area contributed by atoms with Gasteiger partial charge in [-0.1, -0.05) is 17.7 Å². The molecule has 1 saturated carbocycles. The van der Waals surface area contributed by atoms with Crippen LogP contribution in [0.5, 0.6) is 5.88 Å². The predicted molar refractivity (Wildman–Crippen MR) is 134 cm³/mol. The third-order valence-electron chi connectivity index (χ3n) is 6.10. The van der Waals surface area contributed by atoms with Crippen LogP contribution in [0.15, 0.2) is 42.9 Å². The van der Waals surface area contributed by atoms with Gasteiger partial charge in [0.15, 0.2) is 11.2 Å². The van der Waals surface area contributed by atoms with Gasteiger partial charge in [0.25, 0.3) is 0 Å². The van der Waals surface area contributed by atoms with Crippen LogP contribution in [0.2, 0.25) is 5.02 Å². The lowest BCUT2D eigenvalue weighted by molar-refractivity contribution is -0.120. The number of fused-ring (bicyclic) bond motifs is 1. The van der Waals surface area contributed by atoms with Crippen LogP contribution in [0.25, 0.3) is 22.6 Å². The van der Waals surface area contributed by atoms with Gasteiger partial charge < -0.3 is 14.6 Å². The quantitative estimate of drug-likeness (QED) is 0.390. The van der Waals surface area contributed by atoms with Crippen molar-refractivity contribution in [1.82, 2.24) is 29.8 Å². The summed E-state index contributed by atoms with van der Waals surface area (Å²) in [6.07, 6.45) is 5.53. The van der Waals surface area contributed by atoms with Gasteiger partial charge in [0.05, 0.1) is 23.7 Å². The largest absolute Gasteiger partial charge is 0.470 e. The van der Waals surface area contributed by atoms with E-state index < -0.39 is 0 Å². The van der Waals surface area contributed by atoms with Crippen molar-refractivity contribution in [3.8, 4) is 17.3 Å². The van der Waals surface area contributed by atoms with Gasteiger partial charge in [0.1, 0.15) is 17.8 Å². The molecule has 0 aliphatic heterocycles. The first-order chi connectivity index (χ1) is 16.8. The lowest BCUT2D eigenvalue weighted by Gasteiger charge is -2.12. The summed E-state index contributed by atoms with van der Waals surface area (Å²) in [5.41, 5.74) is 4.60. The minimum absolute atomic E-state index is 0.0419. The van der Waals surface area contributed by atoms with E-state index in [1.807, 2.05) is 48.7 Å². The average molecular weight is 491 g/mol. The fourth-order valence-electron chi connectivity index (χ4n) is 4.00. The maximum Gasteiger partial charge on any atom is 0.245 e. The summed E-state index contributed by atoms with van der Waals surface area (Å²) in [6, 6.07) is 9.62. The molecule has 0 radical (unpaired) electrons. The number of nitrogens with zero attached hydrogens (tertiary/aromatic N) is 5. The summed E-state index contributed by atoms with van der Waals surface area (Å²) >= 11 is 6.74. The molecule has 8 nitrogen and oxygen atoms in total. The minimum Gasteiger partial charge on any atom is -0.470 e. The number of benzene rings is 1. The lowest BCUT2D eigenvalue weighted by atomic mass is 10.1. The third kappa shape index (κ3) is 4.98. The number of likely N-dealkylation sites (N-methyl/N-ethyl adjacent to an activating group) is 1. The number of ether oxygens (including phenoxy) is 1. The summed E-state index contributed by atoms with van der Waals surface area (Å²) < 4.78 is 8.19. The second-order valence-electron chi connectivity index (χ2n) is 9.19. The first kappa shape index (κ1) is 23.2. The highest BCUT2D eigenvalue weighted by Gasteiger charge is 2.41. The number of nitrogens with one attached hydrogen (secondary N) is 1. The van der Waals surface area contributed by atoms with Gasteiger partial charge in [-0.2, -0.15) is 4.98 Å². The smallest absolute Gasteiger partial charge is 0.245 e. The molecule has 0 saturated heterocycles. The topological polar surface area (TPSA) is 94.8 Å². The van der Waals surface area contributed by atoms with Gasteiger partial charge in [-0.15, -0.1) is 0 Å². The predicted octanol–water partition coefficient (Wildman–Crippen LogP) is 4.51. The molecular formula is C26H27ClN6O2. The lowest BCUT2D eigenvalue weighted by Crippen LogP contribution is -2.24. The number of imidazole rings is 1. The number of hydrogen-bond acceptors (Lipinski definition) is 6. The van der Waals surface area contributed by atoms with Crippen molar-refractivity contribution in [2.24, 2.45) is 0 Å². The number of aromatic nitrogens is 5. The maximum atomic E-state index is 12.0. The highest BCUT2D eigenvalue weighted by molar-refractivity contribution is 6.33. The average Bonchev–Trinajstić information content (AvgIpc) is 3.43. The number of halogens is 1. The molecule has 1 aliphatic carbocycles. The molecular weight excluding hydrogens is 464 g/mol. The monoisotopic (exact) mass is 490 g/mol. The second kappa shape index (κ2) is 9.26. The standard InChI is InChI=1S/C26H27ClN6O2/c1-4-28-21(34)13-17-5-6-19(20(27)12-17)23-32-22-24(30-15-31-25(22)35-26(3)8-9-26)33(23)14-18-11-16(2)7-10-29-18/h5-7,10-12,15H,4,8-9,13-14H2,1-3H3,(H,28,34). The van der Waals surface area contributed by atoms with Gasteiger partial charge in [0, 0.05) is 18.3 Å². The first-order valence-corrected chi connectivity index (χ1v) is 12.1. The Morgan fingerprint density at radius 2 is 2.03 bits per heavy atom. The van der Waals surface area contributed by atoms with Crippen LogP contribution in [-0.4, -0.2) is 42.6 Å². The van der Waals surface area contributed by atoms with Crippen LogP contribution in [0, 0.1) is 6.92 Å². The zero-order valence-electron chi connectivity index (χ0n) is 20.0. The molecule has 1 N–H and O–H groups in total. The van der Waals surface area contributed by atoms with E-state index in [4.69, 9.17) is 21.3 Å². The fourth-order valence-corrected chi connectivity index (χ4v) is 4.29. The molecule has 4 aromatic rings. The number of carbonyl (C=O) groups excluding carboxylic acids is 1. The fraction of sp³-hybridized carbons (Fsp3) is 0.346. The number of carbonyl (C=O) groups is 1. The highest BCUT2D eigenvalue weighted by Crippen LogP contribution is 2.41. The van der Waals surface area contributed by atoms with Crippen LogP contribution < -0.4 is 10.1 Å². The van der Waals surface area contributed by atoms with Gasteiger partial charge in [-0.3, -0.25) is 9.78 Å². The molecule has 0 atom stereocenters. The Balaban J connectivity index is 1.60. The molecule has 0 unspecified atom stereocenters. The summed E-state index contributed by atoms with van der Waals surface area (Å²) in [5.74, 6) is 1.07. The van der Waals surface area contributed by atoms with Crippen molar-refractivity contribution < 1.29 is 9.53 Å². The van der Waals surface area contributed by atoms with Crippen molar-refractivity contribution in [3.63, 3.8) is 0 Å². The van der Waals surface area contributed by atoms with Crippen LogP contribution in [0.3, 0.4) is 0 Å². The number of rotatable bonds is 8. The van der Waals surface area contributed by atoms with E-state index in [0.29, 0.717) is 41.0 Å². The SMILES string of the molecule is CCNC(=O)Cc1ccc(-c2nc3c(OC4(C)CC4)ncnc3n2Cc2cc(C)ccn2)c(Cl)c1. The Morgan fingerprint density at radius 3 is 2.74 bits per heavy atom. The molecule has 5 rings (SSSR count). The Labute approximate surface area is 208 Å². The molecule has 35 heavy (non-hydrogen) atoms. The summed E-state index contributed by atoms with van der Waals surface area (Å²) in [4.78, 5) is 30.4. The van der Waals surface area contributed by atoms with Crippen molar-refractivity contribution in [3.05, 3.63) is 64.7 Å². The molecule has 180 valence electrons. The summed E-state index contributed by atoms with van der Waals surface area (Å²) in [6.45, 7) is 7.04. The second-order valence-corrected chi connectivity index (χ2v) is 9.60. The summed E-state index contributed by atoms with van der Waals surface area (Å²) in [5, 5.41) is 3.32. The van der Waals surface area contributed by atoms with E-state index >= 15 is 0 Å². The normalized spacial score (nSPS) is 14.2. The molecule has 1 fully saturated rings. The zero-order chi connectivity index (χ0) is 24.6. The molecule has 1 amide bonds. The van der Waals surface area contributed by atoms with E-state index in [-0.39, 0.29) is 17.9 Å². The zero-order valence-corrected chi connectivity index (χ0v) is 20.8. The van der Waals surface area contributed by atoms with Crippen molar-refractivity contribution in [2.45, 2.75) is 52.2 Å². The van der Waals surface area contributed by atoms with E-state index in [9.17, 15) is 4.79 Å². The maximum absolute atomic E-state index is 12.0. The first-order valence-electron chi connectivity index (χ1n) is 11.7. The van der Waals surface area contributed by atoms with Gasteiger partial charge in [-0.05, 0) is 69.0 Å². The van der Waals surface area contributed by atoms with E-state index in [0.717, 1.165) is 35.2 Å². The van der Waals surface area contributed by atoms with Crippen LogP contribution in [0.4, 0.5) is 0 Å². The Hall–Kier alpha value is -3.52. The number of amides is 1. The van der Waals surface area contributed by atoms with E-state index in [1.54, 1.807) is 6.20 Å². The molecule has 1 aromatic carbocycles. The molecule has 3 aromatic heterocycles. The number of aryl methyl sites for hydroxylation is 1. The molecule has 0 spiro atoms. The van der Waals surface area contributed by atoms with Crippen LogP contribution in [-0.2, 0) is 17.8 Å². The minimum atomic E-state index is -0.207. The molecule has 3 heterocycles. The Morgan fingerprint density at radius 1 is 1.20 bits per heavy atom. The Bertz CT molecular complexity index is 1410. The summed E-state index contributed by atoms with van der Waals surface area (Å²) in [7, 11) is 0. The third-order valence-corrected chi connectivity index (χ3v) is 6.41. The highest BCUT2D eigenvalue weighted by atomic mass is 35.5. The van der Waals surface area contributed by atoms with E-state index in [1.165, 1.54) is 6.33 Å². The Kier molecular flexibility index (Phi) is 6.15.